The Balaban J connectivity index is 1.55. The molecule has 0 aliphatic heterocycles. The van der Waals surface area contributed by atoms with Crippen molar-refractivity contribution in [3.63, 3.8) is 0 Å². The molecule has 5 nitrogen and oxygen atoms in total. The molecule has 138 valence electrons. The Bertz CT molecular complexity index is 1110. The monoisotopic (exact) mass is 378 g/mol. The third kappa shape index (κ3) is 3.32. The van der Waals surface area contributed by atoms with Crippen LogP contribution in [0.1, 0.15) is 41.2 Å². The number of nitrogens with one attached hydrogen (secondary N) is 1. The van der Waals surface area contributed by atoms with Crippen LogP contribution in [-0.4, -0.2) is 20.5 Å². The van der Waals surface area contributed by atoms with E-state index in [1.807, 2.05) is 60.1 Å². The van der Waals surface area contributed by atoms with Gasteiger partial charge in [-0.05, 0) is 56.3 Å². The van der Waals surface area contributed by atoms with Gasteiger partial charge in [0.2, 0.25) is 5.91 Å². The molecule has 0 bridgehead atoms. The van der Waals surface area contributed by atoms with Crippen molar-refractivity contribution in [1.82, 2.24) is 19.9 Å². The molecule has 0 aliphatic rings. The molecule has 1 atom stereocenters. The molecule has 3 aromatic heterocycles. The topological polar surface area (TPSA) is 59.3 Å². The average molecular weight is 379 g/mol. The van der Waals surface area contributed by atoms with Gasteiger partial charge in [0.1, 0.15) is 0 Å². The van der Waals surface area contributed by atoms with Gasteiger partial charge in [-0.3, -0.25) is 4.79 Å². The quantitative estimate of drug-likeness (QED) is 0.561. The van der Waals surface area contributed by atoms with E-state index in [0.717, 1.165) is 33.5 Å². The van der Waals surface area contributed by atoms with Gasteiger partial charge in [0.25, 0.3) is 0 Å². The van der Waals surface area contributed by atoms with Gasteiger partial charge in [-0.2, -0.15) is 5.10 Å². The lowest BCUT2D eigenvalue weighted by atomic mass is 10.1. The lowest BCUT2D eigenvalue weighted by Crippen LogP contribution is -2.26. The number of hydrogen-bond acceptors (Lipinski definition) is 4. The van der Waals surface area contributed by atoms with Crippen molar-refractivity contribution in [2.24, 2.45) is 0 Å². The molecule has 1 amide bonds. The fourth-order valence-electron chi connectivity index (χ4n) is 3.50. The highest BCUT2D eigenvalue weighted by atomic mass is 32.1. The van der Waals surface area contributed by atoms with Crippen LogP contribution in [0, 0.1) is 13.8 Å². The molecule has 4 rings (SSSR count). The number of amides is 1. The summed E-state index contributed by atoms with van der Waals surface area (Å²) in [6, 6.07) is 12.1. The average Bonchev–Trinajstić information content (AvgIpc) is 3.30. The summed E-state index contributed by atoms with van der Waals surface area (Å²) in [7, 11) is 0. The van der Waals surface area contributed by atoms with Crippen molar-refractivity contribution >= 4 is 33.8 Å². The highest BCUT2D eigenvalue weighted by Crippen LogP contribution is 2.23. The van der Waals surface area contributed by atoms with Gasteiger partial charge in [0, 0.05) is 28.1 Å². The van der Waals surface area contributed by atoms with Gasteiger partial charge in [0.05, 0.1) is 11.6 Å². The third-order valence-electron chi connectivity index (χ3n) is 4.97. The first-order valence-electron chi connectivity index (χ1n) is 9.11. The van der Waals surface area contributed by atoms with E-state index in [1.165, 1.54) is 4.88 Å². The third-order valence-corrected chi connectivity index (χ3v) is 6.02. The first kappa shape index (κ1) is 17.7. The number of benzene rings is 1. The number of aromatic nitrogens is 3. The molecule has 0 radical (unpaired) electrons. The Morgan fingerprint density at radius 3 is 2.81 bits per heavy atom. The summed E-state index contributed by atoms with van der Waals surface area (Å²) in [5.74, 6) is 0.0559. The number of carbonyl (C=O) groups is 1. The van der Waals surface area contributed by atoms with Crippen LogP contribution in [-0.2, 0) is 11.2 Å². The Hall–Kier alpha value is -2.73. The van der Waals surface area contributed by atoms with Crippen molar-refractivity contribution < 1.29 is 4.79 Å². The van der Waals surface area contributed by atoms with E-state index < -0.39 is 0 Å². The van der Waals surface area contributed by atoms with Crippen molar-refractivity contribution in [2.45, 2.75) is 39.7 Å². The fraction of sp³-hybridized carbons (Fsp3) is 0.286. The van der Waals surface area contributed by atoms with Crippen molar-refractivity contribution in [3.05, 3.63) is 63.6 Å². The minimum atomic E-state index is 0.0386. The van der Waals surface area contributed by atoms with Gasteiger partial charge in [0.15, 0.2) is 5.65 Å². The SMILES string of the molecule is Cc1nc2c3ccccc3nn2c(C)c1CCC(=O)NC(C)c1cccs1. The molecule has 0 saturated heterocycles. The molecule has 0 aliphatic carbocycles. The van der Waals surface area contributed by atoms with Gasteiger partial charge in [-0.15, -0.1) is 11.3 Å². The summed E-state index contributed by atoms with van der Waals surface area (Å²) in [4.78, 5) is 18.3. The van der Waals surface area contributed by atoms with Gasteiger partial charge < -0.3 is 5.32 Å². The van der Waals surface area contributed by atoms with Gasteiger partial charge >= 0.3 is 0 Å². The smallest absolute Gasteiger partial charge is 0.220 e. The number of carbonyl (C=O) groups excluding carboxylic acids is 1. The van der Waals surface area contributed by atoms with E-state index in [4.69, 9.17) is 4.98 Å². The summed E-state index contributed by atoms with van der Waals surface area (Å²) in [6.07, 6.45) is 1.09. The summed E-state index contributed by atoms with van der Waals surface area (Å²) in [5, 5.41) is 10.8. The van der Waals surface area contributed by atoms with Crippen LogP contribution in [0.4, 0.5) is 0 Å². The molecule has 1 unspecified atom stereocenters. The number of fused-ring (bicyclic) bond motifs is 3. The predicted octanol–water partition coefficient (Wildman–Crippen LogP) is 4.37. The van der Waals surface area contributed by atoms with E-state index in [1.54, 1.807) is 11.3 Å². The number of hydrogen-bond donors (Lipinski definition) is 1. The van der Waals surface area contributed by atoms with Crippen molar-refractivity contribution in [1.29, 1.82) is 0 Å². The Kier molecular flexibility index (Phi) is 4.66. The second kappa shape index (κ2) is 7.12. The predicted molar refractivity (Wildman–Crippen MR) is 109 cm³/mol. The summed E-state index contributed by atoms with van der Waals surface area (Å²) >= 11 is 1.66. The fourth-order valence-corrected chi connectivity index (χ4v) is 4.23. The molecule has 3 heterocycles. The molecule has 1 N–H and O–H groups in total. The van der Waals surface area contributed by atoms with Crippen LogP contribution >= 0.6 is 11.3 Å². The number of aryl methyl sites for hydroxylation is 2. The van der Waals surface area contributed by atoms with Gasteiger partial charge in [-0.1, -0.05) is 18.2 Å². The van der Waals surface area contributed by atoms with E-state index in [-0.39, 0.29) is 11.9 Å². The second-order valence-corrected chi connectivity index (χ2v) is 7.80. The maximum Gasteiger partial charge on any atom is 0.220 e. The zero-order chi connectivity index (χ0) is 19.0. The van der Waals surface area contributed by atoms with E-state index in [9.17, 15) is 4.79 Å². The molecular weight excluding hydrogens is 356 g/mol. The maximum atomic E-state index is 12.4. The molecular formula is C21H22N4OS. The summed E-state index contributed by atoms with van der Waals surface area (Å²) in [6.45, 7) is 6.08. The van der Waals surface area contributed by atoms with Crippen LogP contribution in [0.3, 0.4) is 0 Å². The van der Waals surface area contributed by atoms with E-state index >= 15 is 0 Å². The first-order chi connectivity index (χ1) is 13.0. The minimum absolute atomic E-state index is 0.0386. The lowest BCUT2D eigenvalue weighted by molar-refractivity contribution is -0.121. The highest BCUT2D eigenvalue weighted by Gasteiger charge is 2.16. The number of nitrogens with zero attached hydrogens (tertiary/aromatic N) is 3. The molecule has 4 aromatic rings. The van der Waals surface area contributed by atoms with Crippen LogP contribution in [0.2, 0.25) is 0 Å². The second-order valence-electron chi connectivity index (χ2n) is 6.82. The van der Waals surface area contributed by atoms with Crippen LogP contribution in [0.25, 0.3) is 16.6 Å². The molecule has 27 heavy (non-hydrogen) atoms. The largest absolute Gasteiger partial charge is 0.349 e. The van der Waals surface area contributed by atoms with Gasteiger partial charge in [-0.25, -0.2) is 9.50 Å². The van der Waals surface area contributed by atoms with Crippen molar-refractivity contribution in [3.8, 4) is 0 Å². The molecule has 6 heteroatoms. The van der Waals surface area contributed by atoms with Crippen LogP contribution in [0.15, 0.2) is 41.8 Å². The van der Waals surface area contributed by atoms with E-state index in [2.05, 4.69) is 17.3 Å². The zero-order valence-electron chi connectivity index (χ0n) is 15.7. The van der Waals surface area contributed by atoms with Crippen LogP contribution < -0.4 is 5.32 Å². The lowest BCUT2D eigenvalue weighted by Gasteiger charge is -2.14. The number of rotatable bonds is 5. The molecule has 0 saturated carbocycles. The molecule has 0 spiro atoms. The highest BCUT2D eigenvalue weighted by molar-refractivity contribution is 7.10. The zero-order valence-corrected chi connectivity index (χ0v) is 16.5. The molecule has 1 aromatic carbocycles. The number of thiophene rings is 1. The normalized spacial score (nSPS) is 12.6. The standard InChI is InChI=1S/C21H22N4OS/c1-13-16(10-11-20(26)22-14(2)19-9-6-12-27-19)15(3)25-21(23-13)17-7-4-5-8-18(17)24-25/h4-9,12,14H,10-11H2,1-3H3,(H,22,26). The first-order valence-corrected chi connectivity index (χ1v) is 9.99. The Morgan fingerprint density at radius 2 is 2.04 bits per heavy atom. The minimum Gasteiger partial charge on any atom is -0.349 e. The molecule has 0 fully saturated rings. The summed E-state index contributed by atoms with van der Waals surface area (Å²) in [5.41, 5.74) is 4.92. The van der Waals surface area contributed by atoms with Crippen molar-refractivity contribution in [2.75, 3.05) is 0 Å². The van der Waals surface area contributed by atoms with E-state index in [0.29, 0.717) is 12.8 Å². The Morgan fingerprint density at radius 1 is 1.22 bits per heavy atom. The Labute approximate surface area is 162 Å². The van der Waals surface area contributed by atoms with Crippen LogP contribution in [0.5, 0.6) is 0 Å². The maximum absolute atomic E-state index is 12.4. The summed E-state index contributed by atoms with van der Waals surface area (Å²) < 4.78 is 1.90.